The lowest BCUT2D eigenvalue weighted by Gasteiger charge is -2.27. The Kier molecular flexibility index (Phi) is 13.4. The largest absolute Gasteiger partial charge is 0.465 e. The Labute approximate surface area is 349 Å². The number of amides is 1. The van der Waals surface area contributed by atoms with E-state index in [1.165, 1.54) is 55.9 Å². The van der Waals surface area contributed by atoms with E-state index in [1.807, 2.05) is 13.8 Å². The van der Waals surface area contributed by atoms with E-state index < -0.39 is 17.6 Å². The van der Waals surface area contributed by atoms with Gasteiger partial charge in [0.1, 0.15) is 17.2 Å². The zero-order valence-corrected chi connectivity index (χ0v) is 33.6. The maximum Gasteiger partial charge on any atom is 0.341 e. The smallest absolute Gasteiger partial charge is 0.341 e. The standard InChI is InChI=1S/C23H20ClFN4O2.C21H17ClFN3O2/c1-13(2)17-10-27-21(16-7-14(24)3-4-19(16)25)8-22(17)29-20-5-6-26-9-18(20)23(30)28-15-11-31-12-15;1-12(2)15-11-25-19(14-8-13(22)4-5-17(14)23)9-20(15)26-18-6-7-24-10-16(18)21(27)28-3/h3-10,15H,1,11-12H2,2H3,(H,28,30)(H,26,27,29);4-11H,1H2,2-3H3,(H,24,25,26). The number of aromatic nitrogens is 4. The third-order valence-electron chi connectivity index (χ3n) is 8.94. The molecule has 300 valence electrons. The van der Waals surface area contributed by atoms with E-state index in [2.05, 4.69) is 49.0 Å². The Morgan fingerprint density at radius 3 is 1.61 bits per heavy atom. The molecule has 5 heterocycles. The Bertz CT molecular complexity index is 2590. The minimum Gasteiger partial charge on any atom is -0.465 e. The van der Waals surface area contributed by atoms with Crippen LogP contribution < -0.4 is 16.0 Å². The average molecular weight is 837 g/mol. The zero-order valence-electron chi connectivity index (χ0n) is 32.1. The molecule has 1 aliphatic rings. The number of benzene rings is 2. The molecule has 4 aromatic heterocycles. The number of carbonyl (C=O) groups is 2. The Hall–Kier alpha value is -6.54. The van der Waals surface area contributed by atoms with Crippen LogP contribution >= 0.6 is 23.2 Å². The fourth-order valence-electron chi connectivity index (χ4n) is 5.81. The molecule has 0 unspecified atom stereocenters. The normalized spacial score (nSPS) is 12.0. The van der Waals surface area contributed by atoms with Crippen molar-refractivity contribution >= 4 is 69.0 Å². The molecule has 0 spiro atoms. The van der Waals surface area contributed by atoms with Crippen LogP contribution in [-0.2, 0) is 9.47 Å². The molecule has 0 aliphatic carbocycles. The van der Waals surface area contributed by atoms with E-state index in [0.29, 0.717) is 63.0 Å². The van der Waals surface area contributed by atoms with Crippen molar-refractivity contribution in [2.75, 3.05) is 31.0 Å². The first kappa shape index (κ1) is 42.1. The summed E-state index contributed by atoms with van der Waals surface area (Å²) in [6.07, 6.45) is 9.26. The summed E-state index contributed by atoms with van der Waals surface area (Å²) in [4.78, 5) is 41.5. The van der Waals surface area contributed by atoms with Crippen LogP contribution in [0, 0.1) is 11.6 Å². The number of anilines is 4. The lowest BCUT2D eigenvalue weighted by atomic mass is 10.0. The second kappa shape index (κ2) is 18.8. The third kappa shape index (κ3) is 10.1. The van der Waals surface area contributed by atoms with Gasteiger partial charge in [-0.15, -0.1) is 0 Å². The summed E-state index contributed by atoms with van der Waals surface area (Å²) in [7, 11) is 1.30. The van der Waals surface area contributed by atoms with Crippen LogP contribution in [0.3, 0.4) is 0 Å². The summed E-state index contributed by atoms with van der Waals surface area (Å²) >= 11 is 12.1. The first-order valence-electron chi connectivity index (χ1n) is 17.9. The minimum absolute atomic E-state index is 0.00938. The molecule has 1 fully saturated rings. The molecule has 59 heavy (non-hydrogen) atoms. The van der Waals surface area contributed by atoms with Gasteiger partial charge in [0.2, 0.25) is 0 Å². The highest BCUT2D eigenvalue weighted by molar-refractivity contribution is 6.31. The molecule has 7 rings (SSSR count). The molecule has 15 heteroatoms. The van der Waals surface area contributed by atoms with E-state index in [0.717, 1.165) is 22.3 Å². The summed E-state index contributed by atoms with van der Waals surface area (Å²) < 4.78 is 38.6. The highest BCUT2D eigenvalue weighted by Crippen LogP contribution is 2.34. The maximum absolute atomic E-state index is 14.4. The molecule has 1 aliphatic heterocycles. The topological polar surface area (TPSA) is 140 Å². The van der Waals surface area contributed by atoms with E-state index >= 15 is 0 Å². The van der Waals surface area contributed by atoms with Gasteiger partial charge in [0, 0.05) is 80.9 Å². The molecule has 2 aromatic carbocycles. The number of methoxy groups -OCH3 is 1. The van der Waals surface area contributed by atoms with Gasteiger partial charge in [-0.3, -0.25) is 24.7 Å². The summed E-state index contributed by atoms with van der Waals surface area (Å²) in [6, 6.07) is 15.3. The number of pyridine rings is 4. The van der Waals surface area contributed by atoms with Crippen LogP contribution in [0.4, 0.5) is 31.5 Å². The minimum atomic E-state index is -0.525. The van der Waals surface area contributed by atoms with Crippen molar-refractivity contribution in [2.24, 2.45) is 0 Å². The number of halogens is 4. The van der Waals surface area contributed by atoms with Crippen LogP contribution in [-0.4, -0.2) is 58.2 Å². The van der Waals surface area contributed by atoms with Crippen LogP contribution in [0.1, 0.15) is 45.7 Å². The quantitative estimate of drug-likeness (QED) is 0.108. The van der Waals surface area contributed by atoms with Gasteiger partial charge in [0.15, 0.2) is 0 Å². The van der Waals surface area contributed by atoms with E-state index in [-0.39, 0.29) is 28.6 Å². The molecule has 11 nitrogen and oxygen atoms in total. The molecular formula is C44H37Cl2F2N7O4. The number of nitrogens with zero attached hydrogens (tertiary/aromatic N) is 4. The van der Waals surface area contributed by atoms with Crippen LogP contribution in [0.5, 0.6) is 0 Å². The van der Waals surface area contributed by atoms with Crippen molar-refractivity contribution in [2.45, 2.75) is 19.9 Å². The monoisotopic (exact) mass is 835 g/mol. The molecular weight excluding hydrogens is 799 g/mol. The van der Waals surface area contributed by atoms with Crippen molar-refractivity contribution in [1.82, 2.24) is 25.3 Å². The fraction of sp³-hybridized carbons (Fsp3) is 0.136. The van der Waals surface area contributed by atoms with Gasteiger partial charge in [-0.1, -0.05) is 36.4 Å². The summed E-state index contributed by atoms with van der Waals surface area (Å²) in [5, 5.41) is 10.2. The summed E-state index contributed by atoms with van der Waals surface area (Å²) in [5.41, 5.74) is 7.25. The lowest BCUT2D eigenvalue weighted by molar-refractivity contribution is -0.00345. The number of esters is 1. The van der Waals surface area contributed by atoms with Crippen molar-refractivity contribution in [1.29, 1.82) is 0 Å². The zero-order chi connectivity index (χ0) is 42.2. The molecule has 3 N–H and O–H groups in total. The number of hydrogen-bond acceptors (Lipinski definition) is 10. The summed E-state index contributed by atoms with van der Waals surface area (Å²) in [5.74, 6) is -1.65. The Balaban J connectivity index is 0.000000199. The van der Waals surface area contributed by atoms with Crippen molar-refractivity contribution in [3.8, 4) is 22.5 Å². The van der Waals surface area contributed by atoms with E-state index in [1.54, 1.807) is 49.1 Å². The molecule has 0 saturated carbocycles. The van der Waals surface area contributed by atoms with Gasteiger partial charge in [0.25, 0.3) is 5.91 Å². The van der Waals surface area contributed by atoms with Gasteiger partial charge in [0.05, 0.1) is 54.7 Å². The van der Waals surface area contributed by atoms with Crippen molar-refractivity contribution in [3.63, 3.8) is 0 Å². The predicted molar refractivity (Wildman–Crippen MR) is 227 cm³/mol. The third-order valence-corrected chi connectivity index (χ3v) is 9.41. The average Bonchev–Trinajstić information content (AvgIpc) is 3.21. The van der Waals surface area contributed by atoms with Gasteiger partial charge in [-0.25, -0.2) is 13.6 Å². The molecule has 1 saturated heterocycles. The number of carbonyl (C=O) groups excluding carboxylic acids is 2. The maximum atomic E-state index is 14.4. The van der Waals surface area contributed by atoms with Crippen LogP contribution in [0.15, 0.2) is 111 Å². The first-order valence-corrected chi connectivity index (χ1v) is 18.7. The Morgan fingerprint density at radius 2 is 1.17 bits per heavy atom. The number of ether oxygens (including phenoxy) is 2. The molecule has 6 aromatic rings. The highest BCUT2D eigenvalue weighted by atomic mass is 35.5. The molecule has 1 amide bonds. The highest BCUT2D eigenvalue weighted by Gasteiger charge is 2.23. The van der Waals surface area contributed by atoms with Crippen LogP contribution in [0.2, 0.25) is 10.0 Å². The van der Waals surface area contributed by atoms with Crippen molar-refractivity contribution < 1.29 is 27.8 Å². The van der Waals surface area contributed by atoms with Crippen LogP contribution in [0.25, 0.3) is 33.7 Å². The predicted octanol–water partition coefficient (Wildman–Crippen LogP) is 10.3. The molecule has 0 atom stereocenters. The number of nitrogens with one attached hydrogen (secondary N) is 3. The first-order chi connectivity index (χ1) is 28.3. The fourth-order valence-corrected chi connectivity index (χ4v) is 6.16. The lowest BCUT2D eigenvalue weighted by Crippen LogP contribution is -2.48. The van der Waals surface area contributed by atoms with Gasteiger partial charge in [-0.05, 0) is 85.7 Å². The number of rotatable bonds is 11. The second-order valence-electron chi connectivity index (χ2n) is 13.3. The molecule has 0 bridgehead atoms. The van der Waals surface area contributed by atoms with E-state index in [9.17, 15) is 18.4 Å². The van der Waals surface area contributed by atoms with Gasteiger partial charge >= 0.3 is 5.97 Å². The van der Waals surface area contributed by atoms with Gasteiger partial charge in [-0.2, -0.15) is 0 Å². The van der Waals surface area contributed by atoms with Crippen molar-refractivity contribution in [3.05, 3.63) is 155 Å². The SMILES string of the molecule is C=C(C)c1cnc(-c2cc(Cl)ccc2F)cc1Nc1ccncc1C(=O)NC1COC1.C=C(C)c1cnc(-c2cc(Cl)ccc2F)cc1Nc1ccncc1C(=O)OC. The summed E-state index contributed by atoms with van der Waals surface area (Å²) in [6.45, 7) is 12.6. The Morgan fingerprint density at radius 1 is 0.695 bits per heavy atom. The number of hydrogen-bond donors (Lipinski definition) is 3. The number of allylic oxidation sites excluding steroid dienone is 2. The molecule has 0 radical (unpaired) electrons. The van der Waals surface area contributed by atoms with E-state index in [4.69, 9.17) is 32.7 Å². The van der Waals surface area contributed by atoms with Gasteiger partial charge < -0.3 is 25.4 Å². The second-order valence-corrected chi connectivity index (χ2v) is 14.2.